The zero-order valence-corrected chi connectivity index (χ0v) is 13.6. The molecule has 0 spiro atoms. The summed E-state index contributed by atoms with van der Waals surface area (Å²) in [5.41, 5.74) is 4.22. The summed E-state index contributed by atoms with van der Waals surface area (Å²) in [6.07, 6.45) is 0. The van der Waals surface area contributed by atoms with Gasteiger partial charge in [0.05, 0.1) is 0 Å². The number of benzene rings is 3. The second kappa shape index (κ2) is 5.88. The normalized spacial score (nSPS) is 15.9. The standard InChI is InChI=1S/C21H18OS/c22-21(18-10-2-1-3-11-18)19-12-6-4-8-16(19)14-23-15-17-9-5-7-13-20(17)21/h1-13,22H,14-15H2. The Balaban J connectivity index is 2.06. The van der Waals surface area contributed by atoms with Crippen molar-refractivity contribution in [2.24, 2.45) is 0 Å². The van der Waals surface area contributed by atoms with Crippen LogP contribution in [0.15, 0.2) is 78.9 Å². The summed E-state index contributed by atoms with van der Waals surface area (Å²) in [7, 11) is 0. The molecule has 4 rings (SSSR count). The Labute approximate surface area is 141 Å². The van der Waals surface area contributed by atoms with Crippen LogP contribution in [0, 0.1) is 0 Å². The summed E-state index contributed by atoms with van der Waals surface area (Å²) in [4.78, 5) is 0. The molecular formula is C21H18OS. The first-order valence-corrected chi connectivity index (χ1v) is 8.98. The van der Waals surface area contributed by atoms with Crippen molar-refractivity contribution in [2.75, 3.05) is 0 Å². The van der Waals surface area contributed by atoms with Gasteiger partial charge >= 0.3 is 0 Å². The second-order valence-electron chi connectivity index (χ2n) is 5.88. The van der Waals surface area contributed by atoms with Gasteiger partial charge in [-0.2, -0.15) is 11.8 Å². The molecule has 1 nitrogen and oxygen atoms in total. The lowest BCUT2D eigenvalue weighted by Gasteiger charge is -2.35. The lowest BCUT2D eigenvalue weighted by Crippen LogP contribution is -2.32. The number of aliphatic hydroxyl groups is 1. The molecule has 1 heterocycles. The van der Waals surface area contributed by atoms with Crippen LogP contribution >= 0.6 is 11.8 Å². The van der Waals surface area contributed by atoms with Crippen molar-refractivity contribution in [1.82, 2.24) is 0 Å². The van der Waals surface area contributed by atoms with Crippen LogP contribution in [0.3, 0.4) is 0 Å². The van der Waals surface area contributed by atoms with Crippen molar-refractivity contribution < 1.29 is 5.11 Å². The molecule has 3 aromatic rings. The summed E-state index contributed by atoms with van der Waals surface area (Å²) in [5.74, 6) is 1.83. The molecule has 0 unspecified atom stereocenters. The van der Waals surface area contributed by atoms with Gasteiger partial charge in [-0.3, -0.25) is 0 Å². The Morgan fingerprint density at radius 1 is 0.652 bits per heavy atom. The molecule has 3 aromatic carbocycles. The van der Waals surface area contributed by atoms with Crippen molar-refractivity contribution in [3.8, 4) is 0 Å². The first kappa shape index (κ1) is 14.6. The van der Waals surface area contributed by atoms with Crippen LogP contribution in [-0.4, -0.2) is 5.11 Å². The minimum Gasteiger partial charge on any atom is -0.376 e. The average molecular weight is 318 g/mol. The maximum absolute atomic E-state index is 11.9. The Bertz CT molecular complexity index is 779. The molecule has 1 aliphatic heterocycles. The lowest BCUT2D eigenvalue weighted by atomic mass is 9.77. The third-order valence-electron chi connectivity index (χ3n) is 4.52. The van der Waals surface area contributed by atoms with Crippen molar-refractivity contribution in [1.29, 1.82) is 0 Å². The zero-order chi connectivity index (χ0) is 15.7. The summed E-state index contributed by atoms with van der Waals surface area (Å²) >= 11 is 1.90. The fourth-order valence-electron chi connectivity index (χ4n) is 3.40. The monoisotopic (exact) mass is 318 g/mol. The van der Waals surface area contributed by atoms with E-state index in [2.05, 4.69) is 36.4 Å². The highest BCUT2D eigenvalue weighted by atomic mass is 32.2. The third-order valence-corrected chi connectivity index (χ3v) is 5.55. The molecule has 0 saturated heterocycles. The topological polar surface area (TPSA) is 20.2 Å². The summed E-state index contributed by atoms with van der Waals surface area (Å²) in [6, 6.07) is 26.5. The summed E-state index contributed by atoms with van der Waals surface area (Å²) in [6.45, 7) is 0. The Morgan fingerprint density at radius 2 is 1.13 bits per heavy atom. The van der Waals surface area contributed by atoms with E-state index in [0.29, 0.717) is 0 Å². The molecule has 0 fully saturated rings. The van der Waals surface area contributed by atoms with Crippen molar-refractivity contribution >= 4 is 11.8 Å². The van der Waals surface area contributed by atoms with E-state index < -0.39 is 5.60 Å². The second-order valence-corrected chi connectivity index (χ2v) is 6.87. The van der Waals surface area contributed by atoms with E-state index in [0.717, 1.165) is 28.2 Å². The molecule has 0 radical (unpaired) electrons. The maximum Gasteiger partial charge on any atom is 0.141 e. The highest BCUT2D eigenvalue weighted by molar-refractivity contribution is 7.97. The highest BCUT2D eigenvalue weighted by Gasteiger charge is 2.37. The quantitative estimate of drug-likeness (QED) is 0.701. The van der Waals surface area contributed by atoms with Gasteiger partial charge in [0.25, 0.3) is 0 Å². The van der Waals surface area contributed by atoms with Crippen LogP contribution in [0.25, 0.3) is 0 Å². The predicted octanol–water partition coefficient (Wildman–Crippen LogP) is 4.72. The van der Waals surface area contributed by atoms with E-state index in [4.69, 9.17) is 0 Å². The van der Waals surface area contributed by atoms with Crippen molar-refractivity contribution in [2.45, 2.75) is 17.1 Å². The molecule has 2 heteroatoms. The number of rotatable bonds is 1. The predicted molar refractivity (Wildman–Crippen MR) is 96.4 cm³/mol. The molecule has 0 saturated carbocycles. The fraction of sp³-hybridized carbons (Fsp3) is 0.143. The average Bonchev–Trinajstić information content (AvgIpc) is 2.61. The Morgan fingerprint density at radius 3 is 1.70 bits per heavy atom. The number of hydrogen-bond donors (Lipinski definition) is 1. The molecule has 0 atom stereocenters. The van der Waals surface area contributed by atoms with Crippen LogP contribution in [0.1, 0.15) is 27.8 Å². The van der Waals surface area contributed by atoms with E-state index in [-0.39, 0.29) is 0 Å². The summed E-state index contributed by atoms with van der Waals surface area (Å²) in [5, 5.41) is 11.9. The Kier molecular flexibility index (Phi) is 3.72. The van der Waals surface area contributed by atoms with E-state index in [1.807, 2.05) is 54.2 Å². The SMILES string of the molecule is OC1(c2ccccc2)c2ccccc2CSCc2ccccc21. The van der Waals surface area contributed by atoms with Crippen molar-refractivity contribution in [3.63, 3.8) is 0 Å². The molecule has 0 aliphatic carbocycles. The van der Waals surface area contributed by atoms with Crippen LogP contribution in [-0.2, 0) is 17.1 Å². The summed E-state index contributed by atoms with van der Waals surface area (Å²) < 4.78 is 0. The molecule has 1 aliphatic rings. The van der Waals surface area contributed by atoms with E-state index in [1.165, 1.54) is 11.1 Å². The fourth-order valence-corrected chi connectivity index (χ4v) is 4.45. The van der Waals surface area contributed by atoms with Gasteiger partial charge in [0.15, 0.2) is 0 Å². The largest absolute Gasteiger partial charge is 0.376 e. The van der Waals surface area contributed by atoms with Gasteiger partial charge in [-0.05, 0) is 27.8 Å². The van der Waals surface area contributed by atoms with E-state index in [1.54, 1.807) is 0 Å². The number of fused-ring (bicyclic) bond motifs is 2. The first-order valence-electron chi connectivity index (χ1n) is 7.82. The Hall–Kier alpha value is -2.03. The number of hydrogen-bond acceptors (Lipinski definition) is 2. The minimum absolute atomic E-state index is 0.916. The molecule has 0 aromatic heterocycles. The van der Waals surface area contributed by atoms with E-state index >= 15 is 0 Å². The van der Waals surface area contributed by atoms with Crippen molar-refractivity contribution in [3.05, 3.63) is 107 Å². The lowest BCUT2D eigenvalue weighted by molar-refractivity contribution is 0.124. The van der Waals surface area contributed by atoms with Gasteiger partial charge in [-0.25, -0.2) is 0 Å². The molecular weight excluding hydrogens is 300 g/mol. The molecule has 0 amide bonds. The van der Waals surface area contributed by atoms with Gasteiger partial charge in [-0.15, -0.1) is 0 Å². The molecule has 114 valence electrons. The van der Waals surface area contributed by atoms with Gasteiger partial charge in [0, 0.05) is 11.5 Å². The van der Waals surface area contributed by atoms with Crippen LogP contribution < -0.4 is 0 Å². The zero-order valence-electron chi connectivity index (χ0n) is 12.8. The van der Waals surface area contributed by atoms with Gasteiger partial charge in [-0.1, -0.05) is 78.9 Å². The van der Waals surface area contributed by atoms with Gasteiger partial charge in [0.1, 0.15) is 5.60 Å². The third kappa shape index (κ3) is 2.39. The van der Waals surface area contributed by atoms with Gasteiger partial charge < -0.3 is 5.11 Å². The minimum atomic E-state index is -1.10. The molecule has 0 bridgehead atoms. The van der Waals surface area contributed by atoms with E-state index in [9.17, 15) is 5.11 Å². The van der Waals surface area contributed by atoms with Crippen LogP contribution in [0.2, 0.25) is 0 Å². The van der Waals surface area contributed by atoms with Gasteiger partial charge in [0.2, 0.25) is 0 Å². The highest BCUT2D eigenvalue weighted by Crippen LogP contribution is 2.43. The molecule has 1 N–H and O–H groups in total. The van der Waals surface area contributed by atoms with Crippen LogP contribution in [0.4, 0.5) is 0 Å². The van der Waals surface area contributed by atoms with Crippen LogP contribution in [0.5, 0.6) is 0 Å². The first-order chi connectivity index (χ1) is 11.3. The smallest absolute Gasteiger partial charge is 0.141 e. The number of thioether (sulfide) groups is 1. The molecule has 23 heavy (non-hydrogen) atoms. The maximum atomic E-state index is 11.9.